The second-order valence-corrected chi connectivity index (χ2v) is 5.27. The minimum Gasteiger partial charge on any atom is -0.344 e. The Morgan fingerprint density at radius 2 is 2.16 bits per heavy atom. The Balaban J connectivity index is 1.70. The van der Waals surface area contributed by atoms with Gasteiger partial charge in [-0.1, -0.05) is 12.1 Å². The predicted octanol–water partition coefficient (Wildman–Crippen LogP) is 1.68. The molecule has 2 heterocycles. The number of rotatable bonds is 3. The fourth-order valence-electron chi connectivity index (χ4n) is 2.13. The fourth-order valence-corrected chi connectivity index (χ4v) is 2.87. The standard InChI is InChI=1S/C13H15FN4S/c14-11-3-1-2-10(8-11)9-12-16-13(19-17-12)18-6-4-15-5-7-18/h1-3,8,15H,4-7,9H2. The Labute approximate surface area is 115 Å². The van der Waals surface area contributed by atoms with Crippen LogP contribution >= 0.6 is 11.5 Å². The van der Waals surface area contributed by atoms with Gasteiger partial charge in [0.25, 0.3) is 0 Å². The monoisotopic (exact) mass is 278 g/mol. The molecule has 0 unspecified atom stereocenters. The van der Waals surface area contributed by atoms with Crippen LogP contribution in [0.25, 0.3) is 0 Å². The zero-order chi connectivity index (χ0) is 13.1. The molecule has 1 N–H and O–H groups in total. The Morgan fingerprint density at radius 3 is 2.95 bits per heavy atom. The second kappa shape index (κ2) is 5.63. The summed E-state index contributed by atoms with van der Waals surface area (Å²) < 4.78 is 17.5. The molecule has 4 nitrogen and oxygen atoms in total. The van der Waals surface area contributed by atoms with Crippen molar-refractivity contribution in [1.82, 2.24) is 14.7 Å². The average molecular weight is 278 g/mol. The van der Waals surface area contributed by atoms with E-state index < -0.39 is 0 Å². The van der Waals surface area contributed by atoms with Crippen molar-refractivity contribution < 1.29 is 4.39 Å². The van der Waals surface area contributed by atoms with E-state index in [-0.39, 0.29) is 5.82 Å². The van der Waals surface area contributed by atoms with Crippen LogP contribution in [0.15, 0.2) is 24.3 Å². The molecule has 0 atom stereocenters. The molecule has 100 valence electrons. The number of anilines is 1. The summed E-state index contributed by atoms with van der Waals surface area (Å²) in [4.78, 5) is 6.78. The van der Waals surface area contributed by atoms with Crippen LogP contribution in [0, 0.1) is 5.82 Å². The molecule has 1 aliphatic heterocycles. The lowest BCUT2D eigenvalue weighted by atomic mass is 10.1. The van der Waals surface area contributed by atoms with Crippen molar-refractivity contribution in [1.29, 1.82) is 0 Å². The average Bonchev–Trinajstić information content (AvgIpc) is 2.88. The zero-order valence-electron chi connectivity index (χ0n) is 10.5. The third kappa shape index (κ3) is 3.08. The SMILES string of the molecule is Fc1cccc(Cc2nsc(N3CCNCC3)n2)c1. The van der Waals surface area contributed by atoms with Crippen LogP contribution in [0.1, 0.15) is 11.4 Å². The van der Waals surface area contributed by atoms with Gasteiger partial charge in [-0.05, 0) is 17.7 Å². The highest BCUT2D eigenvalue weighted by Crippen LogP contribution is 2.19. The highest BCUT2D eigenvalue weighted by Gasteiger charge is 2.15. The first-order chi connectivity index (χ1) is 9.31. The summed E-state index contributed by atoms with van der Waals surface area (Å²) >= 11 is 1.42. The molecule has 19 heavy (non-hydrogen) atoms. The summed E-state index contributed by atoms with van der Waals surface area (Å²) in [5, 5.41) is 4.28. The Morgan fingerprint density at radius 1 is 1.32 bits per heavy atom. The van der Waals surface area contributed by atoms with Gasteiger partial charge in [-0.3, -0.25) is 0 Å². The van der Waals surface area contributed by atoms with Crippen molar-refractivity contribution in [2.75, 3.05) is 31.1 Å². The van der Waals surface area contributed by atoms with Crippen molar-refractivity contribution >= 4 is 16.7 Å². The first-order valence-corrected chi connectivity index (χ1v) is 7.11. The molecule has 2 aromatic rings. The van der Waals surface area contributed by atoms with Gasteiger partial charge in [0.15, 0.2) is 0 Å². The molecule has 1 aliphatic rings. The molecule has 1 aromatic heterocycles. The van der Waals surface area contributed by atoms with Gasteiger partial charge < -0.3 is 10.2 Å². The lowest BCUT2D eigenvalue weighted by Gasteiger charge is -2.26. The topological polar surface area (TPSA) is 41.1 Å². The van der Waals surface area contributed by atoms with Crippen LogP contribution in [-0.2, 0) is 6.42 Å². The van der Waals surface area contributed by atoms with Gasteiger partial charge in [-0.15, -0.1) is 0 Å². The minimum absolute atomic E-state index is 0.213. The van der Waals surface area contributed by atoms with Crippen molar-refractivity contribution in [3.8, 4) is 0 Å². The van der Waals surface area contributed by atoms with Crippen molar-refractivity contribution in [3.63, 3.8) is 0 Å². The Kier molecular flexibility index (Phi) is 3.70. The van der Waals surface area contributed by atoms with E-state index in [1.807, 2.05) is 6.07 Å². The second-order valence-electron chi connectivity index (χ2n) is 4.54. The number of benzene rings is 1. The summed E-state index contributed by atoms with van der Waals surface area (Å²) in [5.74, 6) is 0.555. The van der Waals surface area contributed by atoms with Crippen LogP contribution in [-0.4, -0.2) is 35.5 Å². The van der Waals surface area contributed by atoms with Gasteiger partial charge in [0, 0.05) is 44.1 Å². The van der Waals surface area contributed by atoms with E-state index in [9.17, 15) is 4.39 Å². The van der Waals surface area contributed by atoms with Gasteiger partial charge in [-0.25, -0.2) is 9.37 Å². The van der Waals surface area contributed by atoms with E-state index >= 15 is 0 Å². The highest BCUT2D eigenvalue weighted by molar-refractivity contribution is 7.09. The smallest absolute Gasteiger partial charge is 0.205 e. The number of nitrogens with zero attached hydrogens (tertiary/aromatic N) is 3. The maximum atomic E-state index is 13.1. The maximum Gasteiger partial charge on any atom is 0.205 e. The first-order valence-electron chi connectivity index (χ1n) is 6.34. The Hall–Kier alpha value is -1.53. The molecule has 0 radical (unpaired) electrons. The summed E-state index contributed by atoms with van der Waals surface area (Å²) in [5.41, 5.74) is 0.907. The van der Waals surface area contributed by atoms with Crippen molar-refractivity contribution in [3.05, 3.63) is 41.5 Å². The molecular weight excluding hydrogens is 263 g/mol. The van der Waals surface area contributed by atoms with Crippen molar-refractivity contribution in [2.24, 2.45) is 0 Å². The van der Waals surface area contributed by atoms with E-state index in [1.54, 1.807) is 6.07 Å². The quantitative estimate of drug-likeness (QED) is 0.927. The molecular formula is C13H15FN4S. The van der Waals surface area contributed by atoms with Crippen LogP contribution < -0.4 is 10.2 Å². The molecule has 0 aliphatic carbocycles. The van der Waals surface area contributed by atoms with Crippen LogP contribution in [0.2, 0.25) is 0 Å². The minimum atomic E-state index is -0.213. The molecule has 0 bridgehead atoms. The van der Waals surface area contributed by atoms with E-state index in [1.165, 1.54) is 23.7 Å². The molecule has 6 heteroatoms. The van der Waals surface area contributed by atoms with Gasteiger partial charge >= 0.3 is 0 Å². The predicted molar refractivity (Wildman–Crippen MR) is 74.2 cm³/mol. The van der Waals surface area contributed by atoms with Crippen molar-refractivity contribution in [2.45, 2.75) is 6.42 Å². The summed E-state index contributed by atoms with van der Waals surface area (Å²) in [6.07, 6.45) is 0.584. The van der Waals surface area contributed by atoms with Crippen LogP contribution in [0.5, 0.6) is 0 Å². The molecule has 1 fully saturated rings. The van der Waals surface area contributed by atoms with Gasteiger partial charge in [0.2, 0.25) is 5.13 Å². The summed E-state index contributed by atoms with van der Waals surface area (Å²) in [6.45, 7) is 3.90. The first kappa shape index (κ1) is 12.5. The molecule has 3 rings (SSSR count). The van der Waals surface area contributed by atoms with Gasteiger partial charge in [-0.2, -0.15) is 4.37 Å². The third-order valence-electron chi connectivity index (χ3n) is 3.10. The Bertz CT molecular complexity index is 551. The lowest BCUT2D eigenvalue weighted by molar-refractivity contribution is 0.588. The van der Waals surface area contributed by atoms with Gasteiger partial charge in [0.05, 0.1) is 0 Å². The third-order valence-corrected chi connectivity index (χ3v) is 3.91. The summed E-state index contributed by atoms with van der Waals surface area (Å²) in [6, 6.07) is 6.60. The lowest BCUT2D eigenvalue weighted by Crippen LogP contribution is -2.43. The molecule has 0 amide bonds. The number of piperazine rings is 1. The number of nitrogens with one attached hydrogen (secondary N) is 1. The fraction of sp³-hybridized carbons (Fsp3) is 0.385. The van der Waals surface area contributed by atoms with E-state index in [0.29, 0.717) is 6.42 Å². The largest absolute Gasteiger partial charge is 0.344 e. The number of halogens is 1. The molecule has 1 aromatic carbocycles. The van der Waals surface area contributed by atoms with E-state index in [4.69, 9.17) is 0 Å². The van der Waals surface area contributed by atoms with Gasteiger partial charge in [0.1, 0.15) is 11.6 Å². The number of aromatic nitrogens is 2. The highest BCUT2D eigenvalue weighted by atomic mass is 32.1. The zero-order valence-corrected chi connectivity index (χ0v) is 11.3. The van der Waals surface area contributed by atoms with Crippen LogP contribution in [0.3, 0.4) is 0 Å². The molecule has 1 saturated heterocycles. The maximum absolute atomic E-state index is 13.1. The number of hydrogen-bond acceptors (Lipinski definition) is 5. The van der Waals surface area contributed by atoms with E-state index in [0.717, 1.165) is 42.7 Å². The molecule has 0 spiro atoms. The normalized spacial score (nSPS) is 15.7. The van der Waals surface area contributed by atoms with Crippen LogP contribution in [0.4, 0.5) is 9.52 Å². The molecule has 0 saturated carbocycles. The number of hydrogen-bond donors (Lipinski definition) is 1. The summed E-state index contributed by atoms with van der Waals surface area (Å²) in [7, 11) is 0. The van der Waals surface area contributed by atoms with E-state index in [2.05, 4.69) is 19.6 Å².